The summed E-state index contributed by atoms with van der Waals surface area (Å²) < 4.78 is 0. The predicted octanol–water partition coefficient (Wildman–Crippen LogP) is 2.15. The second-order valence-corrected chi connectivity index (χ2v) is 4.99. The molecule has 1 heterocycles. The van der Waals surface area contributed by atoms with Crippen molar-refractivity contribution in [3.63, 3.8) is 0 Å². The predicted molar refractivity (Wildman–Crippen MR) is 64.9 cm³/mol. The second kappa shape index (κ2) is 4.42. The zero-order valence-electron chi connectivity index (χ0n) is 9.82. The van der Waals surface area contributed by atoms with E-state index in [9.17, 15) is 5.11 Å². The Labute approximate surface area is 96.7 Å². The number of nitrogens with zero attached hydrogens (tertiary/aromatic N) is 1. The van der Waals surface area contributed by atoms with Crippen molar-refractivity contribution in [2.24, 2.45) is 5.92 Å². The molecule has 3 N–H and O–H groups in total. The van der Waals surface area contributed by atoms with E-state index in [0.717, 1.165) is 36.9 Å². The van der Waals surface area contributed by atoms with Crippen LogP contribution in [0.1, 0.15) is 38.2 Å². The van der Waals surface area contributed by atoms with Gasteiger partial charge in [0.2, 0.25) is 0 Å². The largest absolute Gasteiger partial charge is 0.398 e. The average molecular weight is 220 g/mol. The molecule has 16 heavy (non-hydrogen) atoms. The summed E-state index contributed by atoms with van der Waals surface area (Å²) in [6, 6.07) is 1.80. The molecular weight excluding hydrogens is 200 g/mol. The number of anilines is 1. The molecule has 1 aliphatic rings. The fourth-order valence-corrected chi connectivity index (χ4v) is 2.66. The first-order valence-electron chi connectivity index (χ1n) is 6.04. The third kappa shape index (κ3) is 2.35. The van der Waals surface area contributed by atoms with Crippen molar-refractivity contribution in [1.82, 2.24) is 4.98 Å². The summed E-state index contributed by atoms with van der Waals surface area (Å²) in [5, 5.41) is 10.5. The number of aliphatic hydroxyl groups is 1. The van der Waals surface area contributed by atoms with Crippen LogP contribution in [0.15, 0.2) is 18.5 Å². The van der Waals surface area contributed by atoms with Gasteiger partial charge >= 0.3 is 0 Å². The Hall–Kier alpha value is -1.09. The van der Waals surface area contributed by atoms with Gasteiger partial charge in [0, 0.05) is 24.5 Å². The number of rotatable bonds is 3. The molecule has 0 radical (unpaired) electrons. The van der Waals surface area contributed by atoms with E-state index in [1.807, 2.05) is 0 Å². The maximum Gasteiger partial charge on any atom is 0.0692 e. The van der Waals surface area contributed by atoms with Crippen molar-refractivity contribution in [2.75, 3.05) is 5.73 Å². The zero-order valence-corrected chi connectivity index (χ0v) is 9.82. The lowest BCUT2D eigenvalue weighted by Gasteiger charge is -2.23. The first-order chi connectivity index (χ1) is 7.63. The molecular formula is C13H20N2O. The van der Waals surface area contributed by atoms with Gasteiger partial charge in [-0.05, 0) is 36.8 Å². The van der Waals surface area contributed by atoms with Gasteiger partial charge in [-0.2, -0.15) is 0 Å². The summed E-state index contributed by atoms with van der Waals surface area (Å²) in [7, 11) is 0. The van der Waals surface area contributed by atoms with E-state index in [2.05, 4.69) is 11.9 Å². The fraction of sp³-hybridized carbons (Fsp3) is 0.615. The molecule has 2 unspecified atom stereocenters. The van der Waals surface area contributed by atoms with Crippen molar-refractivity contribution in [3.05, 3.63) is 24.0 Å². The number of pyridine rings is 1. The molecule has 1 aromatic heterocycles. The Balaban J connectivity index is 2.08. The standard InChI is InChI=1S/C13H20N2O/c1-2-10-3-5-13(16,7-10)8-11-9-15-6-4-12(11)14/h4,6,9-10,16H,2-3,5,7-8H2,1H3,(H2,14,15). The monoisotopic (exact) mass is 220 g/mol. The molecule has 0 aromatic carbocycles. The molecule has 3 nitrogen and oxygen atoms in total. The highest BCUT2D eigenvalue weighted by atomic mass is 16.3. The second-order valence-electron chi connectivity index (χ2n) is 4.99. The highest BCUT2D eigenvalue weighted by molar-refractivity contribution is 5.45. The third-order valence-corrected chi connectivity index (χ3v) is 3.72. The molecule has 1 fully saturated rings. The van der Waals surface area contributed by atoms with Gasteiger partial charge in [-0.3, -0.25) is 4.98 Å². The van der Waals surface area contributed by atoms with Crippen LogP contribution in [0.4, 0.5) is 5.69 Å². The molecule has 0 spiro atoms. The summed E-state index contributed by atoms with van der Waals surface area (Å²) in [6.07, 6.45) is 8.18. The van der Waals surface area contributed by atoms with E-state index < -0.39 is 5.60 Å². The van der Waals surface area contributed by atoms with Crippen LogP contribution in [0.5, 0.6) is 0 Å². The number of hydrogen-bond acceptors (Lipinski definition) is 3. The molecule has 88 valence electrons. The van der Waals surface area contributed by atoms with Crippen LogP contribution in [-0.2, 0) is 6.42 Å². The van der Waals surface area contributed by atoms with Crippen LogP contribution in [0.3, 0.4) is 0 Å². The third-order valence-electron chi connectivity index (χ3n) is 3.72. The van der Waals surface area contributed by atoms with Crippen molar-refractivity contribution in [3.8, 4) is 0 Å². The van der Waals surface area contributed by atoms with Crippen LogP contribution in [0.25, 0.3) is 0 Å². The smallest absolute Gasteiger partial charge is 0.0692 e. The van der Waals surface area contributed by atoms with Gasteiger partial charge in [0.05, 0.1) is 5.60 Å². The van der Waals surface area contributed by atoms with Crippen LogP contribution in [0.2, 0.25) is 0 Å². The van der Waals surface area contributed by atoms with E-state index in [1.54, 1.807) is 18.5 Å². The topological polar surface area (TPSA) is 59.1 Å². The Morgan fingerprint density at radius 2 is 2.44 bits per heavy atom. The van der Waals surface area contributed by atoms with Crippen LogP contribution >= 0.6 is 0 Å². The quantitative estimate of drug-likeness (QED) is 0.820. The minimum absolute atomic E-state index is 0.558. The van der Waals surface area contributed by atoms with Crippen LogP contribution in [-0.4, -0.2) is 15.7 Å². The summed E-state index contributed by atoms with van der Waals surface area (Å²) in [6.45, 7) is 2.19. The highest BCUT2D eigenvalue weighted by Gasteiger charge is 2.36. The molecule has 2 atom stereocenters. The summed E-state index contributed by atoms with van der Waals surface area (Å²) in [4.78, 5) is 4.07. The van der Waals surface area contributed by atoms with Gasteiger partial charge in [-0.25, -0.2) is 0 Å². The molecule has 1 aromatic rings. The lowest BCUT2D eigenvalue weighted by atomic mass is 9.91. The van der Waals surface area contributed by atoms with Gasteiger partial charge in [0.25, 0.3) is 0 Å². The molecule has 0 saturated heterocycles. The summed E-state index contributed by atoms with van der Waals surface area (Å²) >= 11 is 0. The maximum atomic E-state index is 10.5. The molecule has 1 aliphatic carbocycles. The summed E-state index contributed by atoms with van der Waals surface area (Å²) in [5.74, 6) is 0.669. The maximum absolute atomic E-state index is 10.5. The van der Waals surface area contributed by atoms with Crippen molar-refractivity contribution < 1.29 is 5.11 Å². The Bertz CT molecular complexity index is 367. The molecule has 1 saturated carbocycles. The number of aromatic nitrogens is 1. The molecule has 0 amide bonds. The van der Waals surface area contributed by atoms with E-state index in [1.165, 1.54) is 0 Å². The molecule has 2 rings (SSSR count). The van der Waals surface area contributed by atoms with E-state index in [-0.39, 0.29) is 0 Å². The van der Waals surface area contributed by atoms with Gasteiger partial charge in [0.1, 0.15) is 0 Å². The summed E-state index contributed by atoms with van der Waals surface area (Å²) in [5.41, 5.74) is 7.03. The van der Waals surface area contributed by atoms with Gasteiger partial charge in [0.15, 0.2) is 0 Å². The molecule has 0 aliphatic heterocycles. The first-order valence-corrected chi connectivity index (χ1v) is 6.04. The highest BCUT2D eigenvalue weighted by Crippen LogP contribution is 2.38. The van der Waals surface area contributed by atoms with Gasteiger partial charge in [-0.15, -0.1) is 0 Å². The first kappa shape index (κ1) is 11.4. The Kier molecular flexibility index (Phi) is 3.15. The van der Waals surface area contributed by atoms with Gasteiger partial charge < -0.3 is 10.8 Å². The minimum atomic E-state index is -0.558. The van der Waals surface area contributed by atoms with E-state index in [4.69, 9.17) is 5.73 Å². The normalized spacial score (nSPS) is 29.5. The lowest BCUT2D eigenvalue weighted by molar-refractivity contribution is 0.0437. The van der Waals surface area contributed by atoms with E-state index >= 15 is 0 Å². The van der Waals surface area contributed by atoms with Gasteiger partial charge in [-0.1, -0.05) is 13.3 Å². The number of nitrogens with two attached hydrogens (primary N) is 1. The molecule has 0 bridgehead atoms. The Morgan fingerprint density at radius 3 is 3.06 bits per heavy atom. The van der Waals surface area contributed by atoms with Crippen molar-refractivity contribution >= 4 is 5.69 Å². The lowest BCUT2D eigenvalue weighted by Crippen LogP contribution is -2.28. The van der Waals surface area contributed by atoms with Crippen molar-refractivity contribution in [1.29, 1.82) is 0 Å². The van der Waals surface area contributed by atoms with E-state index in [0.29, 0.717) is 12.3 Å². The fourth-order valence-electron chi connectivity index (χ4n) is 2.66. The number of nitrogen functional groups attached to an aromatic ring is 1. The minimum Gasteiger partial charge on any atom is -0.398 e. The number of hydrogen-bond donors (Lipinski definition) is 2. The van der Waals surface area contributed by atoms with Crippen LogP contribution < -0.4 is 5.73 Å². The van der Waals surface area contributed by atoms with Crippen molar-refractivity contribution in [2.45, 2.75) is 44.6 Å². The SMILES string of the molecule is CCC1CCC(O)(Cc2cnccc2N)C1. The molecule has 3 heteroatoms. The van der Waals surface area contributed by atoms with Crippen LogP contribution in [0, 0.1) is 5.92 Å². The Morgan fingerprint density at radius 1 is 1.62 bits per heavy atom. The average Bonchev–Trinajstić information content (AvgIpc) is 2.64. The zero-order chi connectivity index (χ0) is 11.6.